The van der Waals surface area contributed by atoms with Crippen LogP contribution in [0.25, 0.3) is 0 Å². The van der Waals surface area contributed by atoms with Crippen molar-refractivity contribution in [2.75, 3.05) is 5.32 Å². The molecular weight excluding hydrogens is 193 g/mol. The van der Waals surface area contributed by atoms with Gasteiger partial charge in [-0.15, -0.1) is 0 Å². The molecule has 3 nitrogen and oxygen atoms in total. The monoisotopic (exact) mass is 203 g/mol. The molecule has 0 saturated heterocycles. The minimum Gasteiger partial charge on any atom is -0.364 e. The second-order valence-corrected chi connectivity index (χ2v) is 3.04. The maximum atomic E-state index is 12.5. The molecule has 0 aliphatic heterocycles. The van der Waals surface area contributed by atoms with Gasteiger partial charge in [0.15, 0.2) is 0 Å². The normalized spacial score (nSPS) is 9.93. The summed E-state index contributed by atoms with van der Waals surface area (Å²) >= 11 is 0. The maximum Gasteiger partial charge on any atom is 0.141 e. The first-order valence-corrected chi connectivity index (χ1v) is 4.60. The van der Waals surface area contributed by atoms with Crippen molar-refractivity contribution in [2.45, 2.75) is 6.54 Å². The van der Waals surface area contributed by atoms with Crippen LogP contribution >= 0.6 is 0 Å². The average Bonchev–Trinajstić information content (AvgIpc) is 2.30. The van der Waals surface area contributed by atoms with Gasteiger partial charge in [-0.2, -0.15) is 0 Å². The van der Waals surface area contributed by atoms with Crippen molar-refractivity contribution >= 4 is 5.82 Å². The van der Waals surface area contributed by atoms with Crippen LogP contribution in [0.15, 0.2) is 42.7 Å². The Labute approximate surface area is 87.0 Å². The Hall–Kier alpha value is -1.97. The van der Waals surface area contributed by atoms with Crippen LogP contribution in [0, 0.1) is 5.82 Å². The Morgan fingerprint density at radius 1 is 1.13 bits per heavy atom. The number of nitrogens with one attached hydrogen (secondary N) is 1. The van der Waals surface area contributed by atoms with E-state index in [0.717, 1.165) is 5.69 Å². The summed E-state index contributed by atoms with van der Waals surface area (Å²) < 4.78 is 12.5. The van der Waals surface area contributed by atoms with Crippen LogP contribution in [0.1, 0.15) is 5.69 Å². The number of rotatable bonds is 3. The van der Waals surface area contributed by atoms with Gasteiger partial charge in [0.1, 0.15) is 11.6 Å². The van der Waals surface area contributed by atoms with E-state index < -0.39 is 0 Å². The third-order valence-corrected chi connectivity index (χ3v) is 1.90. The van der Waals surface area contributed by atoms with E-state index in [1.165, 1.54) is 12.3 Å². The summed E-state index contributed by atoms with van der Waals surface area (Å²) in [6, 6.07) is 8.66. The SMILES string of the molecule is Fc1ccc(NCc2ccccn2)nc1. The highest BCUT2D eigenvalue weighted by Crippen LogP contribution is 2.05. The van der Waals surface area contributed by atoms with Crippen LogP contribution in [0.5, 0.6) is 0 Å². The van der Waals surface area contributed by atoms with Gasteiger partial charge >= 0.3 is 0 Å². The van der Waals surface area contributed by atoms with Gasteiger partial charge in [0.2, 0.25) is 0 Å². The molecule has 15 heavy (non-hydrogen) atoms. The van der Waals surface area contributed by atoms with Gasteiger partial charge in [0.25, 0.3) is 0 Å². The van der Waals surface area contributed by atoms with Gasteiger partial charge in [-0.3, -0.25) is 4.98 Å². The number of hydrogen-bond acceptors (Lipinski definition) is 3. The molecule has 0 aliphatic carbocycles. The predicted molar refractivity (Wildman–Crippen MR) is 55.8 cm³/mol. The number of pyridine rings is 2. The number of halogens is 1. The summed E-state index contributed by atoms with van der Waals surface area (Å²) in [5.74, 6) is 0.306. The third-order valence-electron chi connectivity index (χ3n) is 1.90. The van der Waals surface area contributed by atoms with E-state index in [2.05, 4.69) is 15.3 Å². The highest BCUT2D eigenvalue weighted by molar-refractivity contribution is 5.34. The van der Waals surface area contributed by atoms with Crippen LogP contribution in [0.3, 0.4) is 0 Å². The molecule has 0 saturated carbocycles. The topological polar surface area (TPSA) is 37.8 Å². The highest BCUT2D eigenvalue weighted by Gasteiger charge is 1.95. The summed E-state index contributed by atoms with van der Waals surface area (Å²) in [7, 11) is 0. The van der Waals surface area contributed by atoms with E-state index >= 15 is 0 Å². The molecule has 4 heteroatoms. The van der Waals surface area contributed by atoms with Crippen LogP contribution in [0.4, 0.5) is 10.2 Å². The molecule has 2 rings (SSSR count). The fourth-order valence-corrected chi connectivity index (χ4v) is 1.16. The molecule has 0 unspecified atom stereocenters. The van der Waals surface area contributed by atoms with Crippen LogP contribution in [-0.2, 0) is 6.54 Å². The first-order chi connectivity index (χ1) is 7.34. The number of anilines is 1. The van der Waals surface area contributed by atoms with Gasteiger partial charge < -0.3 is 5.32 Å². The molecule has 2 aromatic rings. The molecule has 76 valence electrons. The Kier molecular flexibility index (Phi) is 2.88. The molecule has 0 atom stereocenters. The van der Waals surface area contributed by atoms with Gasteiger partial charge in [0.05, 0.1) is 18.4 Å². The lowest BCUT2D eigenvalue weighted by atomic mass is 10.3. The summed E-state index contributed by atoms with van der Waals surface area (Å²) in [6.07, 6.45) is 2.91. The molecule has 0 bridgehead atoms. The van der Waals surface area contributed by atoms with Crippen molar-refractivity contribution in [3.05, 3.63) is 54.2 Å². The van der Waals surface area contributed by atoms with E-state index in [1.807, 2.05) is 18.2 Å². The zero-order chi connectivity index (χ0) is 10.5. The van der Waals surface area contributed by atoms with Gasteiger partial charge in [-0.1, -0.05) is 6.07 Å². The summed E-state index contributed by atoms with van der Waals surface area (Å²) in [4.78, 5) is 8.03. The Morgan fingerprint density at radius 2 is 2.07 bits per heavy atom. The minimum atomic E-state index is -0.335. The van der Waals surface area contributed by atoms with Crippen molar-refractivity contribution in [3.63, 3.8) is 0 Å². The van der Waals surface area contributed by atoms with Gasteiger partial charge in [-0.05, 0) is 24.3 Å². The molecule has 0 aromatic carbocycles. The molecular formula is C11H10FN3. The van der Waals surface area contributed by atoms with E-state index in [9.17, 15) is 4.39 Å². The van der Waals surface area contributed by atoms with E-state index in [1.54, 1.807) is 12.3 Å². The summed E-state index contributed by atoms with van der Waals surface area (Å²) in [6.45, 7) is 0.583. The Bertz CT molecular complexity index is 414. The van der Waals surface area contributed by atoms with Crippen molar-refractivity contribution in [2.24, 2.45) is 0 Å². The first kappa shape index (κ1) is 9.58. The number of nitrogens with zero attached hydrogens (tertiary/aromatic N) is 2. The van der Waals surface area contributed by atoms with Gasteiger partial charge in [0, 0.05) is 6.20 Å². The van der Waals surface area contributed by atoms with Gasteiger partial charge in [-0.25, -0.2) is 9.37 Å². The Morgan fingerprint density at radius 3 is 2.73 bits per heavy atom. The first-order valence-electron chi connectivity index (χ1n) is 4.60. The quantitative estimate of drug-likeness (QED) is 0.831. The fraction of sp³-hybridized carbons (Fsp3) is 0.0909. The van der Waals surface area contributed by atoms with E-state index in [0.29, 0.717) is 12.4 Å². The van der Waals surface area contributed by atoms with Crippen molar-refractivity contribution in [3.8, 4) is 0 Å². The zero-order valence-corrected chi connectivity index (χ0v) is 8.02. The smallest absolute Gasteiger partial charge is 0.141 e. The second kappa shape index (κ2) is 4.50. The standard InChI is InChI=1S/C11H10FN3/c12-9-4-5-11(14-7-9)15-8-10-3-1-2-6-13-10/h1-7H,8H2,(H,14,15). The fourth-order valence-electron chi connectivity index (χ4n) is 1.16. The lowest BCUT2D eigenvalue weighted by molar-refractivity contribution is 0.621. The van der Waals surface area contributed by atoms with Crippen molar-refractivity contribution < 1.29 is 4.39 Å². The summed E-state index contributed by atoms with van der Waals surface area (Å²) in [5, 5.41) is 3.05. The van der Waals surface area contributed by atoms with E-state index in [-0.39, 0.29) is 5.82 Å². The van der Waals surface area contributed by atoms with Crippen molar-refractivity contribution in [1.29, 1.82) is 0 Å². The van der Waals surface area contributed by atoms with E-state index in [4.69, 9.17) is 0 Å². The zero-order valence-electron chi connectivity index (χ0n) is 8.02. The van der Waals surface area contributed by atoms with Crippen LogP contribution in [-0.4, -0.2) is 9.97 Å². The molecule has 0 fully saturated rings. The minimum absolute atomic E-state index is 0.335. The molecule has 0 amide bonds. The summed E-state index contributed by atoms with van der Waals surface area (Å²) in [5.41, 5.74) is 0.920. The van der Waals surface area contributed by atoms with Crippen LogP contribution < -0.4 is 5.32 Å². The Balaban J connectivity index is 1.96. The molecule has 2 aromatic heterocycles. The average molecular weight is 203 g/mol. The lowest BCUT2D eigenvalue weighted by Gasteiger charge is -2.03. The second-order valence-electron chi connectivity index (χ2n) is 3.04. The molecule has 1 N–H and O–H groups in total. The van der Waals surface area contributed by atoms with Crippen molar-refractivity contribution in [1.82, 2.24) is 9.97 Å². The number of hydrogen-bond donors (Lipinski definition) is 1. The molecule has 2 heterocycles. The third kappa shape index (κ3) is 2.74. The van der Waals surface area contributed by atoms with Crippen LogP contribution in [0.2, 0.25) is 0 Å². The largest absolute Gasteiger partial charge is 0.364 e. The molecule has 0 aliphatic rings. The lowest BCUT2D eigenvalue weighted by Crippen LogP contribution is -2.02. The number of aromatic nitrogens is 2. The molecule has 0 spiro atoms. The molecule has 0 radical (unpaired) electrons. The highest BCUT2D eigenvalue weighted by atomic mass is 19.1. The predicted octanol–water partition coefficient (Wildman–Crippen LogP) is 2.23. The maximum absolute atomic E-state index is 12.5.